The van der Waals surface area contributed by atoms with E-state index in [1.807, 2.05) is 35.8 Å². The van der Waals surface area contributed by atoms with E-state index in [0.29, 0.717) is 5.82 Å². The lowest BCUT2D eigenvalue weighted by molar-refractivity contribution is -0.139. The molecule has 0 aliphatic carbocycles. The smallest absolute Gasteiger partial charge is 0.308 e. The van der Waals surface area contributed by atoms with Gasteiger partial charge in [-0.2, -0.15) is 13.2 Å². The van der Waals surface area contributed by atoms with E-state index in [1.54, 1.807) is 23.4 Å². The zero-order valence-corrected chi connectivity index (χ0v) is 14.2. The number of alkyl halides is 3. The summed E-state index contributed by atoms with van der Waals surface area (Å²) in [6, 6.07) is 10.3. The van der Waals surface area contributed by atoms with Gasteiger partial charge in [0.1, 0.15) is 11.6 Å². The molecule has 0 radical (unpaired) electrons. The molecular weight excluding hydrogens is 360 g/mol. The van der Waals surface area contributed by atoms with Crippen molar-refractivity contribution in [3.8, 4) is 0 Å². The maximum Gasteiger partial charge on any atom is 0.419 e. The maximum absolute atomic E-state index is 14.1. The zero-order chi connectivity index (χ0) is 19.2. The van der Waals surface area contributed by atoms with E-state index in [2.05, 4.69) is 9.98 Å². The molecule has 0 saturated heterocycles. The molecule has 1 unspecified atom stereocenters. The normalized spacial score (nSPS) is 17.1. The minimum Gasteiger partial charge on any atom is -0.308 e. The van der Waals surface area contributed by atoms with Gasteiger partial charge in [0, 0.05) is 18.1 Å². The average Bonchev–Trinajstić information content (AvgIpc) is 2.96. The van der Waals surface area contributed by atoms with Crippen molar-refractivity contribution in [3.63, 3.8) is 0 Å². The van der Waals surface area contributed by atoms with E-state index < -0.39 is 23.8 Å². The first-order chi connectivity index (χ1) is 12.9. The minimum atomic E-state index is -4.74. The topological polar surface area (TPSA) is 33.4 Å². The zero-order valence-electron chi connectivity index (χ0n) is 14.2. The van der Waals surface area contributed by atoms with E-state index in [1.165, 1.54) is 6.07 Å². The Morgan fingerprint density at radius 3 is 2.59 bits per heavy atom. The molecule has 138 valence electrons. The Kier molecular flexibility index (Phi) is 3.98. The highest BCUT2D eigenvalue weighted by molar-refractivity contribution is 5.78. The third-order valence-electron chi connectivity index (χ3n) is 4.36. The molecule has 0 saturated carbocycles. The summed E-state index contributed by atoms with van der Waals surface area (Å²) in [5.41, 5.74) is 0.565. The quantitative estimate of drug-likeness (QED) is 0.587. The number of fused-ring (bicyclic) bond motifs is 1. The number of para-hydroxylation sites is 2. The van der Waals surface area contributed by atoms with Crippen LogP contribution in [0.3, 0.4) is 0 Å². The molecule has 0 fully saturated rings. The molecule has 2 heterocycles. The van der Waals surface area contributed by atoms with E-state index in [4.69, 9.17) is 0 Å². The van der Waals surface area contributed by atoms with Gasteiger partial charge >= 0.3 is 6.18 Å². The fourth-order valence-corrected chi connectivity index (χ4v) is 3.17. The third kappa shape index (κ3) is 2.97. The van der Waals surface area contributed by atoms with Gasteiger partial charge in [-0.25, -0.2) is 14.4 Å². The minimum absolute atomic E-state index is 0.260. The van der Waals surface area contributed by atoms with Crippen molar-refractivity contribution in [2.45, 2.75) is 19.4 Å². The number of anilines is 1. The second kappa shape index (κ2) is 6.22. The molecule has 1 aromatic heterocycles. The lowest BCUT2D eigenvalue weighted by Crippen LogP contribution is -2.29. The lowest BCUT2D eigenvalue weighted by atomic mass is 10.1. The van der Waals surface area contributed by atoms with Crippen LogP contribution < -0.4 is 4.90 Å². The van der Waals surface area contributed by atoms with Crippen LogP contribution in [0.25, 0.3) is 11.0 Å². The number of allylic oxidation sites excluding steroid dienone is 1. The van der Waals surface area contributed by atoms with Crippen LogP contribution in [0, 0.1) is 12.7 Å². The van der Waals surface area contributed by atoms with Crippen molar-refractivity contribution in [1.29, 1.82) is 0 Å². The molecule has 8 heteroatoms. The van der Waals surface area contributed by atoms with Gasteiger partial charge < -0.3 is 4.90 Å². The van der Waals surface area contributed by atoms with Crippen LogP contribution in [-0.2, 0) is 6.18 Å². The van der Waals surface area contributed by atoms with Gasteiger partial charge in [-0.3, -0.25) is 4.57 Å². The summed E-state index contributed by atoms with van der Waals surface area (Å²) in [6.07, 6.45) is -0.488. The Hall–Kier alpha value is -3.16. The molecule has 3 aromatic rings. The summed E-state index contributed by atoms with van der Waals surface area (Å²) in [6.45, 7) is 1.82. The van der Waals surface area contributed by atoms with Gasteiger partial charge in [0.25, 0.3) is 0 Å². The first-order valence-electron chi connectivity index (χ1n) is 8.15. The van der Waals surface area contributed by atoms with Gasteiger partial charge in [0.15, 0.2) is 0 Å². The monoisotopic (exact) mass is 374 g/mol. The summed E-state index contributed by atoms with van der Waals surface area (Å²) < 4.78 is 54.5. The van der Waals surface area contributed by atoms with Crippen molar-refractivity contribution in [2.75, 3.05) is 4.90 Å². The van der Waals surface area contributed by atoms with Crippen LogP contribution in [-0.4, -0.2) is 15.8 Å². The molecule has 4 nitrogen and oxygen atoms in total. The van der Waals surface area contributed by atoms with Crippen LogP contribution in [0.2, 0.25) is 0 Å². The molecule has 0 bridgehead atoms. The number of aliphatic imine (C=N–C) groups is 1. The molecule has 0 spiro atoms. The largest absolute Gasteiger partial charge is 0.419 e. The fraction of sp³-hybridized carbons (Fsp3) is 0.158. The van der Waals surface area contributed by atoms with Gasteiger partial charge in [-0.15, -0.1) is 0 Å². The number of nitrogens with zero attached hydrogens (tertiary/aromatic N) is 4. The van der Waals surface area contributed by atoms with Gasteiger partial charge in [-0.1, -0.05) is 12.1 Å². The number of imidazole rings is 1. The van der Waals surface area contributed by atoms with Crippen LogP contribution in [0.1, 0.15) is 17.7 Å². The molecular formula is C19H14F4N4. The predicted octanol–water partition coefficient (Wildman–Crippen LogP) is 5.06. The summed E-state index contributed by atoms with van der Waals surface area (Å²) in [4.78, 5) is 10.5. The Morgan fingerprint density at radius 1 is 1.07 bits per heavy atom. The highest BCUT2D eigenvalue weighted by atomic mass is 19.4. The summed E-state index contributed by atoms with van der Waals surface area (Å²) in [5, 5.41) is 0. The van der Waals surface area contributed by atoms with E-state index in [9.17, 15) is 17.6 Å². The Balaban J connectivity index is 1.80. The van der Waals surface area contributed by atoms with Crippen LogP contribution in [0.4, 0.5) is 23.2 Å². The third-order valence-corrected chi connectivity index (χ3v) is 4.36. The first-order valence-corrected chi connectivity index (χ1v) is 8.15. The first kappa shape index (κ1) is 17.3. The van der Waals surface area contributed by atoms with Crippen molar-refractivity contribution >= 4 is 22.9 Å². The summed E-state index contributed by atoms with van der Waals surface area (Å²) in [7, 11) is 0. The molecule has 4 rings (SSSR count). The molecule has 1 atom stereocenters. The number of halogens is 4. The maximum atomic E-state index is 14.1. The second-order valence-electron chi connectivity index (χ2n) is 6.07. The number of aryl methyl sites for hydroxylation is 1. The Labute approximate surface area is 152 Å². The molecule has 0 amide bonds. The lowest BCUT2D eigenvalue weighted by Gasteiger charge is -2.31. The molecule has 0 N–H and O–H groups in total. The van der Waals surface area contributed by atoms with Crippen molar-refractivity contribution < 1.29 is 17.6 Å². The number of benzene rings is 2. The number of hydrogen-bond donors (Lipinski definition) is 0. The van der Waals surface area contributed by atoms with Crippen LogP contribution in [0.5, 0.6) is 0 Å². The molecule has 1 aliphatic rings. The van der Waals surface area contributed by atoms with Gasteiger partial charge in [-0.05, 0) is 43.3 Å². The van der Waals surface area contributed by atoms with E-state index in [-0.39, 0.29) is 5.69 Å². The molecule has 27 heavy (non-hydrogen) atoms. The van der Waals surface area contributed by atoms with E-state index in [0.717, 1.165) is 23.2 Å². The van der Waals surface area contributed by atoms with Crippen molar-refractivity contribution in [1.82, 2.24) is 9.55 Å². The highest BCUT2D eigenvalue weighted by Gasteiger charge is 2.34. The second-order valence-corrected chi connectivity index (χ2v) is 6.07. The number of rotatable bonds is 2. The fourth-order valence-electron chi connectivity index (χ4n) is 3.17. The summed E-state index contributed by atoms with van der Waals surface area (Å²) in [5.74, 6) is -0.639. The average molecular weight is 374 g/mol. The highest BCUT2D eigenvalue weighted by Crippen LogP contribution is 2.36. The standard InChI is InChI=1S/C19H14F4N4/c1-12-25-16-5-2-3-6-17(16)27(12)18-24-9-4-10-26(18)13-7-8-14(15(20)11-13)19(21,22)23/h2-11,18H,1H3. The SMILES string of the molecule is Cc1nc2ccccc2n1C1N=CC=CN1c1ccc(C(F)(F)F)c(F)c1. The van der Waals surface area contributed by atoms with Crippen molar-refractivity contribution in [3.05, 3.63) is 71.9 Å². The summed E-state index contributed by atoms with van der Waals surface area (Å²) >= 11 is 0. The number of aromatic nitrogens is 2. The predicted molar refractivity (Wildman–Crippen MR) is 95.0 cm³/mol. The van der Waals surface area contributed by atoms with Crippen molar-refractivity contribution in [2.24, 2.45) is 4.99 Å². The molecule has 1 aliphatic heterocycles. The van der Waals surface area contributed by atoms with Gasteiger partial charge in [0.2, 0.25) is 6.29 Å². The van der Waals surface area contributed by atoms with Gasteiger partial charge in [0.05, 0.1) is 16.6 Å². The Bertz CT molecular complexity index is 1070. The van der Waals surface area contributed by atoms with Crippen LogP contribution in [0.15, 0.2) is 59.7 Å². The van der Waals surface area contributed by atoms with Crippen LogP contribution >= 0.6 is 0 Å². The number of hydrogen-bond acceptors (Lipinski definition) is 3. The molecule has 2 aromatic carbocycles. The Morgan fingerprint density at radius 2 is 1.85 bits per heavy atom. The van der Waals surface area contributed by atoms with E-state index >= 15 is 0 Å².